The molecule has 9 heteroatoms. The lowest BCUT2D eigenvalue weighted by Gasteiger charge is -2.33. The minimum atomic E-state index is -3.46. The molecule has 1 aromatic heterocycles. The standard InChI is InChI=1S/C12H17ClN2O4S2/c13-11-2-1-10(20-11)9-14-4-6-15(7-5-14)21(18,19)8-3-12(16)17/h1-2H,3-9H2,(H,16,17). The summed E-state index contributed by atoms with van der Waals surface area (Å²) in [7, 11) is -3.46. The molecule has 0 aromatic carbocycles. The Kier molecular flexibility index (Phi) is 5.61. The van der Waals surface area contributed by atoms with E-state index in [0.29, 0.717) is 26.2 Å². The minimum absolute atomic E-state index is 0.330. The van der Waals surface area contributed by atoms with Crippen molar-refractivity contribution in [2.45, 2.75) is 13.0 Å². The molecule has 1 N–H and O–H groups in total. The molecule has 1 aromatic rings. The van der Waals surface area contributed by atoms with Crippen molar-refractivity contribution in [2.24, 2.45) is 0 Å². The smallest absolute Gasteiger partial charge is 0.304 e. The molecule has 0 amide bonds. The molecular formula is C12H17ClN2O4S2. The van der Waals surface area contributed by atoms with Gasteiger partial charge in [-0.05, 0) is 12.1 Å². The lowest BCUT2D eigenvalue weighted by atomic mass is 10.3. The third-order valence-corrected chi connectivity index (χ3v) is 6.39. The third-order valence-electron chi connectivity index (χ3n) is 3.31. The SMILES string of the molecule is O=C(O)CCS(=O)(=O)N1CCN(Cc2ccc(Cl)s2)CC1. The van der Waals surface area contributed by atoms with Crippen LogP contribution in [0.25, 0.3) is 0 Å². The van der Waals surface area contributed by atoms with E-state index in [4.69, 9.17) is 16.7 Å². The summed E-state index contributed by atoms with van der Waals surface area (Å²) in [5, 5.41) is 8.58. The molecule has 0 saturated carbocycles. The van der Waals surface area contributed by atoms with Gasteiger partial charge in [-0.15, -0.1) is 11.3 Å². The Morgan fingerprint density at radius 2 is 1.95 bits per heavy atom. The van der Waals surface area contributed by atoms with E-state index in [0.717, 1.165) is 15.8 Å². The van der Waals surface area contributed by atoms with Crippen molar-refractivity contribution in [3.05, 3.63) is 21.3 Å². The summed E-state index contributed by atoms with van der Waals surface area (Å²) in [5.41, 5.74) is 0. The number of aliphatic carboxylic acids is 1. The van der Waals surface area contributed by atoms with Crippen molar-refractivity contribution in [3.8, 4) is 0 Å². The van der Waals surface area contributed by atoms with E-state index in [1.807, 2.05) is 12.1 Å². The Morgan fingerprint density at radius 1 is 1.29 bits per heavy atom. The van der Waals surface area contributed by atoms with Crippen LogP contribution in [0.1, 0.15) is 11.3 Å². The van der Waals surface area contributed by atoms with Crippen LogP contribution in [-0.2, 0) is 21.4 Å². The zero-order valence-corrected chi connectivity index (χ0v) is 13.8. The molecule has 1 fully saturated rings. The van der Waals surface area contributed by atoms with E-state index in [1.165, 1.54) is 15.6 Å². The van der Waals surface area contributed by atoms with E-state index in [-0.39, 0.29) is 12.2 Å². The number of halogens is 1. The summed E-state index contributed by atoms with van der Waals surface area (Å²) >= 11 is 7.41. The number of carbonyl (C=O) groups is 1. The Balaban J connectivity index is 1.83. The number of piperazine rings is 1. The molecule has 0 bridgehead atoms. The monoisotopic (exact) mass is 352 g/mol. The molecule has 2 rings (SSSR count). The lowest BCUT2D eigenvalue weighted by molar-refractivity contribution is -0.136. The Labute approximate surface area is 133 Å². The van der Waals surface area contributed by atoms with E-state index in [2.05, 4.69) is 4.90 Å². The fraction of sp³-hybridized carbons (Fsp3) is 0.583. The summed E-state index contributed by atoms with van der Waals surface area (Å²) in [5.74, 6) is -1.42. The summed E-state index contributed by atoms with van der Waals surface area (Å²) in [6.45, 7) is 2.85. The van der Waals surface area contributed by atoms with Crippen molar-refractivity contribution in [3.63, 3.8) is 0 Å². The fourth-order valence-corrected chi connectivity index (χ4v) is 4.71. The largest absolute Gasteiger partial charge is 0.481 e. The van der Waals surface area contributed by atoms with Crippen LogP contribution in [-0.4, -0.2) is 60.6 Å². The second-order valence-corrected chi connectivity index (χ2v) is 8.73. The van der Waals surface area contributed by atoms with E-state index in [9.17, 15) is 13.2 Å². The maximum Gasteiger partial charge on any atom is 0.304 e. The number of nitrogens with zero attached hydrogens (tertiary/aromatic N) is 2. The molecule has 6 nitrogen and oxygen atoms in total. The van der Waals surface area contributed by atoms with Gasteiger partial charge in [0.1, 0.15) is 0 Å². The van der Waals surface area contributed by atoms with Crippen molar-refractivity contribution >= 4 is 38.9 Å². The molecular weight excluding hydrogens is 336 g/mol. The van der Waals surface area contributed by atoms with Crippen LogP contribution in [0, 0.1) is 0 Å². The second kappa shape index (κ2) is 7.06. The van der Waals surface area contributed by atoms with Gasteiger partial charge in [0.15, 0.2) is 0 Å². The van der Waals surface area contributed by atoms with Gasteiger partial charge in [-0.25, -0.2) is 8.42 Å². The van der Waals surface area contributed by atoms with Crippen molar-refractivity contribution in [2.75, 3.05) is 31.9 Å². The number of thiophene rings is 1. The molecule has 1 aliphatic rings. The Bertz CT molecular complexity index is 594. The quantitative estimate of drug-likeness (QED) is 0.835. The maximum atomic E-state index is 12.0. The number of sulfonamides is 1. The van der Waals surface area contributed by atoms with Gasteiger partial charge < -0.3 is 5.11 Å². The number of carboxylic acids is 1. The first kappa shape index (κ1) is 16.7. The zero-order valence-electron chi connectivity index (χ0n) is 11.4. The van der Waals surface area contributed by atoms with Crippen molar-refractivity contribution in [1.29, 1.82) is 0 Å². The number of carboxylic acid groups (broad SMARTS) is 1. The molecule has 1 saturated heterocycles. The highest BCUT2D eigenvalue weighted by atomic mass is 35.5. The topological polar surface area (TPSA) is 77.9 Å². The van der Waals surface area contributed by atoms with Gasteiger partial charge in [-0.2, -0.15) is 4.31 Å². The predicted octanol–water partition coefficient (Wildman–Crippen LogP) is 1.32. The number of hydrogen-bond donors (Lipinski definition) is 1. The van der Waals surface area contributed by atoms with Gasteiger partial charge in [-0.1, -0.05) is 11.6 Å². The maximum absolute atomic E-state index is 12.0. The van der Waals surface area contributed by atoms with Gasteiger partial charge in [0, 0.05) is 37.6 Å². The van der Waals surface area contributed by atoms with Crippen LogP contribution in [0.3, 0.4) is 0 Å². The normalized spacial score (nSPS) is 18.0. The highest BCUT2D eigenvalue weighted by molar-refractivity contribution is 7.89. The van der Waals surface area contributed by atoms with E-state index >= 15 is 0 Å². The molecule has 0 atom stereocenters. The van der Waals surface area contributed by atoms with Crippen LogP contribution in [0.15, 0.2) is 12.1 Å². The molecule has 1 aliphatic heterocycles. The van der Waals surface area contributed by atoms with Crippen molar-refractivity contribution in [1.82, 2.24) is 9.21 Å². The van der Waals surface area contributed by atoms with Gasteiger partial charge >= 0.3 is 5.97 Å². The first-order valence-corrected chi connectivity index (χ1v) is 9.33. The summed E-state index contributed by atoms with van der Waals surface area (Å²) in [6, 6.07) is 3.83. The molecule has 0 spiro atoms. The Hall–Kier alpha value is -0.670. The third kappa shape index (κ3) is 4.93. The van der Waals surface area contributed by atoms with Crippen molar-refractivity contribution < 1.29 is 18.3 Å². The molecule has 21 heavy (non-hydrogen) atoms. The van der Waals surface area contributed by atoms with E-state index in [1.54, 1.807) is 0 Å². The van der Waals surface area contributed by atoms with Gasteiger partial charge in [0.2, 0.25) is 10.0 Å². The van der Waals surface area contributed by atoms with Crippen LogP contribution in [0.5, 0.6) is 0 Å². The summed E-state index contributed by atoms with van der Waals surface area (Å²) < 4.78 is 26.1. The lowest BCUT2D eigenvalue weighted by Crippen LogP contribution is -2.48. The van der Waals surface area contributed by atoms with Crippen LogP contribution in [0.2, 0.25) is 4.34 Å². The first-order valence-electron chi connectivity index (χ1n) is 6.53. The highest BCUT2D eigenvalue weighted by Crippen LogP contribution is 2.23. The summed E-state index contributed by atoms with van der Waals surface area (Å²) in [4.78, 5) is 13.8. The zero-order chi connectivity index (χ0) is 15.5. The highest BCUT2D eigenvalue weighted by Gasteiger charge is 2.27. The predicted molar refractivity (Wildman–Crippen MR) is 82.2 cm³/mol. The van der Waals surface area contributed by atoms with Gasteiger partial charge in [-0.3, -0.25) is 9.69 Å². The minimum Gasteiger partial charge on any atom is -0.481 e. The number of hydrogen-bond acceptors (Lipinski definition) is 5. The molecule has 0 aliphatic carbocycles. The van der Waals surface area contributed by atoms with Gasteiger partial charge in [0.05, 0.1) is 16.5 Å². The molecule has 118 valence electrons. The average Bonchev–Trinajstić information content (AvgIpc) is 2.83. The van der Waals surface area contributed by atoms with E-state index < -0.39 is 16.0 Å². The molecule has 0 unspecified atom stereocenters. The van der Waals surface area contributed by atoms with Crippen LogP contribution >= 0.6 is 22.9 Å². The fourth-order valence-electron chi connectivity index (χ4n) is 2.17. The van der Waals surface area contributed by atoms with Crippen LogP contribution < -0.4 is 0 Å². The van der Waals surface area contributed by atoms with Crippen LogP contribution in [0.4, 0.5) is 0 Å². The second-order valence-electron chi connectivity index (χ2n) is 4.84. The molecule has 2 heterocycles. The molecule has 0 radical (unpaired) electrons. The summed E-state index contributed by atoms with van der Waals surface area (Å²) in [6.07, 6.45) is -0.351. The first-order chi connectivity index (χ1) is 9.87. The average molecular weight is 353 g/mol. The van der Waals surface area contributed by atoms with Gasteiger partial charge in [0.25, 0.3) is 0 Å². The Morgan fingerprint density at radius 3 is 2.48 bits per heavy atom. The number of rotatable bonds is 6.